The summed E-state index contributed by atoms with van der Waals surface area (Å²) in [4.78, 5) is 6.50. The fourth-order valence-corrected chi connectivity index (χ4v) is 2.30. The van der Waals surface area contributed by atoms with Gasteiger partial charge in [-0.3, -0.25) is 0 Å². The number of benzene rings is 1. The van der Waals surface area contributed by atoms with Gasteiger partial charge in [0.1, 0.15) is 11.3 Å². The molecule has 3 rings (SSSR count). The zero-order chi connectivity index (χ0) is 12.7. The van der Waals surface area contributed by atoms with Gasteiger partial charge in [0.25, 0.3) is 6.01 Å². The van der Waals surface area contributed by atoms with Crippen LogP contribution < -0.4 is 10.2 Å². The molecule has 18 heavy (non-hydrogen) atoms. The molecule has 1 N–H and O–H groups in total. The summed E-state index contributed by atoms with van der Waals surface area (Å²) in [6, 6.07) is 5.71. The monoisotopic (exact) mass is 249 g/mol. The van der Waals surface area contributed by atoms with Gasteiger partial charge in [-0.2, -0.15) is 4.98 Å². The standard InChI is InChI=1S/C13H16FN3O/c1-8-7-17(9(2)6-15-8)13-16-11-5-10(14)3-4-12(11)18-13/h3-5,8-9,15H,6-7H2,1-2H3/t8-,9+/m1/s1. The molecule has 0 spiro atoms. The fraction of sp³-hybridized carbons (Fsp3) is 0.462. The van der Waals surface area contributed by atoms with Crippen molar-refractivity contribution in [1.29, 1.82) is 0 Å². The Kier molecular flexibility index (Phi) is 2.70. The van der Waals surface area contributed by atoms with Crippen LogP contribution in [-0.4, -0.2) is 30.2 Å². The third-order valence-electron chi connectivity index (χ3n) is 3.35. The summed E-state index contributed by atoms with van der Waals surface area (Å²) in [7, 11) is 0. The zero-order valence-corrected chi connectivity index (χ0v) is 10.5. The molecule has 1 aromatic heterocycles. The number of fused-ring (bicyclic) bond motifs is 1. The molecular weight excluding hydrogens is 233 g/mol. The van der Waals surface area contributed by atoms with Crippen molar-refractivity contribution in [2.45, 2.75) is 25.9 Å². The Labute approximate surface area is 105 Å². The van der Waals surface area contributed by atoms with Crippen LogP contribution in [0.4, 0.5) is 10.4 Å². The van der Waals surface area contributed by atoms with E-state index >= 15 is 0 Å². The van der Waals surface area contributed by atoms with E-state index in [1.165, 1.54) is 12.1 Å². The van der Waals surface area contributed by atoms with Crippen molar-refractivity contribution in [2.75, 3.05) is 18.0 Å². The third kappa shape index (κ3) is 1.95. The van der Waals surface area contributed by atoms with Crippen molar-refractivity contribution in [3.8, 4) is 0 Å². The van der Waals surface area contributed by atoms with E-state index in [0.29, 0.717) is 29.2 Å². The molecule has 4 nitrogen and oxygen atoms in total. The molecule has 0 saturated carbocycles. The lowest BCUT2D eigenvalue weighted by atomic mass is 10.1. The van der Waals surface area contributed by atoms with E-state index in [1.54, 1.807) is 6.07 Å². The van der Waals surface area contributed by atoms with E-state index in [1.807, 2.05) is 0 Å². The molecule has 2 aromatic rings. The maximum absolute atomic E-state index is 13.1. The van der Waals surface area contributed by atoms with E-state index in [0.717, 1.165) is 13.1 Å². The molecule has 0 bridgehead atoms. The van der Waals surface area contributed by atoms with Gasteiger partial charge in [0, 0.05) is 31.2 Å². The Bertz CT molecular complexity index is 568. The molecule has 0 aliphatic carbocycles. The highest BCUT2D eigenvalue weighted by Gasteiger charge is 2.26. The summed E-state index contributed by atoms with van der Waals surface area (Å²) in [6.45, 7) is 5.99. The van der Waals surface area contributed by atoms with Gasteiger partial charge in [-0.15, -0.1) is 0 Å². The lowest BCUT2D eigenvalue weighted by Crippen LogP contribution is -2.54. The third-order valence-corrected chi connectivity index (χ3v) is 3.35. The Morgan fingerprint density at radius 3 is 3.11 bits per heavy atom. The van der Waals surface area contributed by atoms with Crippen molar-refractivity contribution in [1.82, 2.24) is 10.3 Å². The number of hydrogen-bond donors (Lipinski definition) is 1. The first kappa shape index (κ1) is 11.5. The number of hydrogen-bond acceptors (Lipinski definition) is 4. The molecule has 1 saturated heterocycles. The van der Waals surface area contributed by atoms with Crippen molar-refractivity contribution in [3.05, 3.63) is 24.0 Å². The molecule has 1 fully saturated rings. The maximum Gasteiger partial charge on any atom is 0.298 e. The zero-order valence-electron chi connectivity index (χ0n) is 10.5. The Morgan fingerprint density at radius 1 is 1.44 bits per heavy atom. The van der Waals surface area contributed by atoms with Crippen molar-refractivity contribution in [2.24, 2.45) is 0 Å². The quantitative estimate of drug-likeness (QED) is 0.841. The second kappa shape index (κ2) is 4.24. The van der Waals surface area contributed by atoms with E-state index in [-0.39, 0.29) is 5.82 Å². The minimum absolute atomic E-state index is 0.288. The average Bonchev–Trinajstić information content (AvgIpc) is 2.74. The van der Waals surface area contributed by atoms with Gasteiger partial charge >= 0.3 is 0 Å². The summed E-state index contributed by atoms with van der Waals surface area (Å²) >= 11 is 0. The lowest BCUT2D eigenvalue weighted by molar-refractivity contribution is 0.399. The molecule has 0 amide bonds. The van der Waals surface area contributed by atoms with Gasteiger partial charge in [0.15, 0.2) is 5.58 Å². The topological polar surface area (TPSA) is 41.3 Å². The molecule has 96 valence electrons. The van der Waals surface area contributed by atoms with Crippen LogP contribution in [0.5, 0.6) is 0 Å². The first-order valence-corrected chi connectivity index (χ1v) is 6.19. The number of oxazole rings is 1. The molecule has 1 aliphatic heterocycles. The van der Waals surface area contributed by atoms with Crippen LogP contribution in [0.2, 0.25) is 0 Å². The summed E-state index contributed by atoms with van der Waals surface area (Å²) in [5.41, 5.74) is 1.20. The number of nitrogens with zero attached hydrogens (tertiary/aromatic N) is 2. The van der Waals surface area contributed by atoms with Crippen LogP contribution >= 0.6 is 0 Å². The predicted octanol–water partition coefficient (Wildman–Crippen LogP) is 2.15. The smallest absolute Gasteiger partial charge is 0.298 e. The van der Waals surface area contributed by atoms with Gasteiger partial charge in [0.05, 0.1) is 0 Å². The van der Waals surface area contributed by atoms with Gasteiger partial charge < -0.3 is 14.6 Å². The Balaban J connectivity index is 1.97. The summed E-state index contributed by atoms with van der Waals surface area (Å²) < 4.78 is 18.8. The number of piperazine rings is 1. The molecule has 5 heteroatoms. The predicted molar refractivity (Wildman–Crippen MR) is 68.2 cm³/mol. The highest BCUT2D eigenvalue weighted by atomic mass is 19.1. The largest absolute Gasteiger partial charge is 0.423 e. The highest BCUT2D eigenvalue weighted by Crippen LogP contribution is 2.25. The fourth-order valence-electron chi connectivity index (χ4n) is 2.30. The number of anilines is 1. The van der Waals surface area contributed by atoms with Gasteiger partial charge in [-0.25, -0.2) is 4.39 Å². The van der Waals surface area contributed by atoms with Gasteiger partial charge in [0.2, 0.25) is 0 Å². The summed E-state index contributed by atoms with van der Waals surface area (Å²) in [5.74, 6) is -0.288. The van der Waals surface area contributed by atoms with Gasteiger partial charge in [-0.1, -0.05) is 0 Å². The number of halogens is 1. The molecule has 0 radical (unpaired) electrons. The molecule has 1 aromatic carbocycles. The molecule has 2 atom stereocenters. The van der Waals surface area contributed by atoms with Crippen LogP contribution in [0.25, 0.3) is 11.1 Å². The molecule has 2 heterocycles. The SMILES string of the molecule is C[C@@H]1CN(c2nc3cc(F)ccc3o2)[C@@H](C)CN1. The number of rotatable bonds is 1. The van der Waals surface area contributed by atoms with E-state index in [4.69, 9.17) is 4.42 Å². The highest BCUT2D eigenvalue weighted by molar-refractivity contribution is 5.74. The number of aromatic nitrogens is 1. The van der Waals surface area contributed by atoms with E-state index in [2.05, 4.69) is 29.0 Å². The van der Waals surface area contributed by atoms with Crippen molar-refractivity contribution < 1.29 is 8.81 Å². The molecule has 1 aliphatic rings. The number of nitrogens with one attached hydrogen (secondary N) is 1. The molecular formula is C13H16FN3O. The average molecular weight is 249 g/mol. The maximum atomic E-state index is 13.1. The van der Waals surface area contributed by atoms with Crippen LogP contribution in [0, 0.1) is 5.82 Å². The Hall–Kier alpha value is -1.62. The second-order valence-electron chi connectivity index (χ2n) is 4.92. The second-order valence-corrected chi connectivity index (χ2v) is 4.92. The Morgan fingerprint density at radius 2 is 2.28 bits per heavy atom. The summed E-state index contributed by atoms with van der Waals surface area (Å²) in [5, 5.41) is 3.40. The van der Waals surface area contributed by atoms with Crippen LogP contribution in [0.3, 0.4) is 0 Å². The van der Waals surface area contributed by atoms with Crippen LogP contribution in [0.1, 0.15) is 13.8 Å². The summed E-state index contributed by atoms with van der Waals surface area (Å²) in [6.07, 6.45) is 0. The first-order valence-electron chi connectivity index (χ1n) is 6.19. The minimum atomic E-state index is -0.288. The van der Waals surface area contributed by atoms with Crippen molar-refractivity contribution in [3.63, 3.8) is 0 Å². The lowest BCUT2D eigenvalue weighted by Gasteiger charge is -2.36. The van der Waals surface area contributed by atoms with Gasteiger partial charge in [-0.05, 0) is 26.0 Å². The van der Waals surface area contributed by atoms with Crippen molar-refractivity contribution >= 4 is 17.1 Å². The van der Waals surface area contributed by atoms with E-state index in [9.17, 15) is 4.39 Å². The van der Waals surface area contributed by atoms with Crippen LogP contribution in [0.15, 0.2) is 22.6 Å². The van der Waals surface area contributed by atoms with Crippen LogP contribution in [-0.2, 0) is 0 Å². The normalized spacial score (nSPS) is 24.7. The molecule has 0 unspecified atom stereocenters. The first-order chi connectivity index (χ1) is 8.63. The minimum Gasteiger partial charge on any atom is -0.423 e. The van der Waals surface area contributed by atoms with E-state index < -0.39 is 0 Å².